The van der Waals surface area contributed by atoms with E-state index < -0.39 is 0 Å². The van der Waals surface area contributed by atoms with E-state index in [9.17, 15) is 0 Å². The molecule has 0 aromatic heterocycles. The van der Waals surface area contributed by atoms with Gasteiger partial charge in [0.1, 0.15) is 0 Å². The largest absolute Gasteiger partial charge is 2.00 e. The van der Waals surface area contributed by atoms with Gasteiger partial charge in [-0.25, -0.2) is 0 Å². The van der Waals surface area contributed by atoms with E-state index in [0.29, 0.717) is 0 Å². The molecule has 0 unspecified atom stereocenters. The van der Waals surface area contributed by atoms with Crippen molar-refractivity contribution >= 4 is 45.5 Å². The predicted molar refractivity (Wildman–Crippen MR) is 134 cm³/mol. The molecule has 0 fully saturated rings. The van der Waals surface area contributed by atoms with Crippen molar-refractivity contribution in [2.75, 3.05) is 0 Å². The minimum atomic E-state index is 0. The molecule has 0 atom stereocenters. The van der Waals surface area contributed by atoms with Gasteiger partial charge in [0.05, 0.1) is 0 Å². The molecule has 70 N–H and O–H groups in total. The van der Waals surface area contributed by atoms with Crippen molar-refractivity contribution in [3.8, 4) is 0 Å². The third kappa shape index (κ3) is 5750000. The summed E-state index contributed by atoms with van der Waals surface area (Å²) in [4.78, 5) is 0. The second kappa shape index (κ2) is 6280000. The Balaban J connectivity index is 0. The van der Waals surface area contributed by atoms with E-state index in [2.05, 4.69) is 0 Å². The average molecular weight is 720 g/mol. The van der Waals surface area contributed by atoms with Crippen LogP contribution < -0.4 is 0 Å². The molecule has 0 spiro atoms. The molecule has 0 rings (SSSR count). The quantitative estimate of drug-likeness (QED) is 0.211. The van der Waals surface area contributed by atoms with E-state index in [0.717, 1.165) is 0 Å². The summed E-state index contributed by atoms with van der Waals surface area (Å²) in [6, 6.07) is 0. The first-order valence-corrected chi connectivity index (χ1v) is 0. The van der Waals surface area contributed by atoms with Crippen molar-refractivity contribution in [3.05, 3.63) is 0 Å². The van der Waals surface area contributed by atoms with Crippen LogP contribution in [0.1, 0.15) is 2.85 Å². The zero-order valence-electron chi connectivity index (χ0n) is 20.2. The predicted octanol–water partition coefficient (Wildman–Crippen LogP) is -29.0. The van der Waals surface area contributed by atoms with Crippen LogP contribution in [0.5, 0.6) is 0 Å². The smallest absolute Gasteiger partial charge is 1.00 e. The molecule has 0 amide bonds. The van der Waals surface area contributed by atoms with Crippen LogP contribution in [0.15, 0.2) is 0 Å². The first kappa shape index (κ1) is 6850000. The average Bonchev–Trinajstić information content (AvgIpc) is 0. The van der Waals surface area contributed by atoms with Crippen molar-refractivity contribution in [3.63, 3.8) is 0 Å². The van der Waals surface area contributed by atoms with Gasteiger partial charge in [0, 0.05) is 0 Å². The minimum absolute atomic E-state index is 0. The number of hydrogen-bond donors (Lipinski definition) is 0. The third-order valence-corrected chi connectivity index (χ3v) is 0. The van der Waals surface area contributed by atoms with Gasteiger partial charge in [0.15, 0.2) is 0 Å². The van der Waals surface area contributed by atoms with Crippen LogP contribution in [0.2, 0.25) is 0 Å². The van der Waals surface area contributed by atoms with Crippen LogP contribution in [0.3, 0.4) is 0 Å². The maximum atomic E-state index is 0. The summed E-state index contributed by atoms with van der Waals surface area (Å²) in [6.45, 7) is 0. The van der Waals surface area contributed by atoms with Crippen molar-refractivity contribution in [1.82, 2.24) is 0 Å². The SMILES string of the molecule is O.O.O.O.O.O.O.O.O.O.O.O.O.O.O.O.O.O.O.O.O.O.O.O.O.O.O.O.O.O.O.O.O.O.O.[H-].[H-].[Sr+2]. The molecule has 0 aliphatic heterocycles. The van der Waals surface area contributed by atoms with Gasteiger partial charge in [-0.15, -0.1) is 0 Å². The Hall–Kier alpha value is 0.0805. The van der Waals surface area contributed by atoms with Gasteiger partial charge in [-0.2, -0.15) is 0 Å². The molecule has 0 saturated heterocycles. The Morgan fingerprint density at radius 2 is 0.0833 bits per heavy atom. The summed E-state index contributed by atoms with van der Waals surface area (Å²) >= 11 is 0. The van der Waals surface area contributed by atoms with Gasteiger partial charge in [-0.1, -0.05) is 0 Å². The maximum Gasteiger partial charge on any atom is 2.00 e. The zero-order valence-corrected chi connectivity index (χ0v) is 21.7. The van der Waals surface area contributed by atoms with Gasteiger partial charge in [0.2, 0.25) is 0 Å². The van der Waals surface area contributed by atoms with E-state index in [4.69, 9.17) is 0 Å². The molecule has 0 aliphatic carbocycles. The van der Waals surface area contributed by atoms with Gasteiger partial charge >= 0.3 is 45.5 Å². The van der Waals surface area contributed by atoms with Crippen LogP contribution in [-0.2, 0) is 0 Å². The molecule has 36 heavy (non-hydrogen) atoms. The van der Waals surface area contributed by atoms with E-state index in [1.807, 2.05) is 0 Å². The Morgan fingerprint density at radius 3 is 0.0833 bits per heavy atom. The van der Waals surface area contributed by atoms with Crippen LogP contribution in [0, 0.1) is 0 Å². The normalized spacial score (nSPS) is 0. The Labute approximate surface area is 240 Å². The Bertz CT molecular complexity index is 17.9. The number of hydrogen-bond acceptors (Lipinski definition) is 0. The van der Waals surface area contributed by atoms with E-state index in [1.165, 1.54) is 0 Å². The van der Waals surface area contributed by atoms with Crippen molar-refractivity contribution in [2.24, 2.45) is 0 Å². The van der Waals surface area contributed by atoms with Crippen molar-refractivity contribution in [1.29, 1.82) is 0 Å². The van der Waals surface area contributed by atoms with Crippen LogP contribution in [-0.4, -0.2) is 237 Å². The van der Waals surface area contributed by atoms with Crippen molar-refractivity contribution < 1.29 is 195 Å². The third-order valence-electron chi connectivity index (χ3n) is 0. The van der Waals surface area contributed by atoms with Crippen molar-refractivity contribution in [2.45, 2.75) is 0 Å². The topological polar surface area (TPSA) is 1100 Å². The van der Waals surface area contributed by atoms with Gasteiger partial charge < -0.3 is 195 Å². The molecule has 0 aromatic rings. The molecule has 36 heteroatoms. The first-order chi connectivity index (χ1) is 0. The standard InChI is InChI=1S/35H2O.Sr.2H/h35*1H2;;;/q;;;;;;;;;;;;;;;;;;;;;;;;;;;;;;;;;;;+2;2*-1. The van der Waals surface area contributed by atoms with E-state index >= 15 is 0 Å². The fourth-order valence-corrected chi connectivity index (χ4v) is 0. The Kier molecular flexibility index (Phi) is 1200000000000. The van der Waals surface area contributed by atoms with Crippen LogP contribution >= 0.6 is 0 Å². The summed E-state index contributed by atoms with van der Waals surface area (Å²) < 4.78 is 0. The Morgan fingerprint density at radius 1 is 0.0833 bits per heavy atom. The molecular formula is H72O35Sr. The molecule has 35 nitrogen and oxygen atoms in total. The summed E-state index contributed by atoms with van der Waals surface area (Å²) in [7, 11) is 0. The summed E-state index contributed by atoms with van der Waals surface area (Å²) in [5.74, 6) is 0. The molecule has 0 heterocycles. The second-order valence-corrected chi connectivity index (χ2v) is 0. The van der Waals surface area contributed by atoms with Gasteiger partial charge in [-0.05, 0) is 0 Å². The van der Waals surface area contributed by atoms with Gasteiger partial charge in [-0.3, -0.25) is 0 Å². The summed E-state index contributed by atoms with van der Waals surface area (Å²) in [6.07, 6.45) is 0. The number of rotatable bonds is 0. The summed E-state index contributed by atoms with van der Waals surface area (Å²) in [5, 5.41) is 0. The summed E-state index contributed by atoms with van der Waals surface area (Å²) in [5.41, 5.74) is 0. The van der Waals surface area contributed by atoms with Gasteiger partial charge in [0.25, 0.3) is 0 Å². The van der Waals surface area contributed by atoms with E-state index in [1.54, 1.807) is 0 Å². The molecule has 0 radical (unpaired) electrons. The molecule has 284 valence electrons. The first-order valence-electron chi connectivity index (χ1n) is 0. The van der Waals surface area contributed by atoms with Crippen LogP contribution in [0.25, 0.3) is 0 Å². The fourth-order valence-electron chi connectivity index (χ4n) is 0. The molecule has 0 saturated carbocycles. The second-order valence-electron chi connectivity index (χ2n) is 0. The zero-order chi connectivity index (χ0) is 0. The molecule has 0 aliphatic rings. The maximum absolute atomic E-state index is 0. The minimum Gasteiger partial charge on any atom is -1.00 e. The van der Waals surface area contributed by atoms with Crippen LogP contribution in [0.4, 0.5) is 0 Å². The molecular weight excluding hydrogens is 648 g/mol. The van der Waals surface area contributed by atoms with E-state index in [-0.39, 0.29) is 240 Å². The monoisotopic (exact) mass is 720 g/mol. The molecule has 0 aromatic carbocycles. The molecule has 0 bridgehead atoms. The fraction of sp³-hybridized carbons (Fsp3) is 0.